The molecule has 1 N–H and O–H groups in total. The molecule has 0 bridgehead atoms. The van der Waals surface area contributed by atoms with E-state index in [-0.39, 0.29) is 22.4 Å². The lowest BCUT2D eigenvalue weighted by Crippen LogP contribution is -2.22. The van der Waals surface area contributed by atoms with Crippen molar-refractivity contribution >= 4 is 17.4 Å². The highest BCUT2D eigenvalue weighted by Crippen LogP contribution is 2.40. The Morgan fingerprint density at radius 1 is 0.962 bits per heavy atom. The van der Waals surface area contributed by atoms with Crippen LogP contribution in [-0.2, 0) is 17.3 Å². The molecule has 0 aromatic heterocycles. The van der Waals surface area contributed by atoms with E-state index in [1.54, 1.807) is 12.1 Å². The van der Waals surface area contributed by atoms with Gasteiger partial charge in [0.05, 0.1) is 0 Å². The number of carbonyl (C=O) groups is 1. The molecule has 0 heterocycles. The number of benzene rings is 2. The Labute approximate surface area is 162 Å². The van der Waals surface area contributed by atoms with E-state index in [4.69, 9.17) is 11.6 Å². The van der Waals surface area contributed by atoms with Crippen LogP contribution >= 0.6 is 11.6 Å². The highest BCUT2D eigenvalue weighted by molar-refractivity contribution is 6.34. The third-order valence-electron chi connectivity index (χ3n) is 4.55. The molecule has 0 aliphatic rings. The molecule has 1 atom stereocenters. The first-order valence-electron chi connectivity index (χ1n) is 9.01. The zero-order valence-electron chi connectivity index (χ0n) is 16.6. The number of halogens is 1. The molecule has 3 heteroatoms. The summed E-state index contributed by atoms with van der Waals surface area (Å²) < 4.78 is 0. The smallest absolute Gasteiger partial charge is 0.181 e. The Morgan fingerprint density at radius 2 is 1.42 bits per heavy atom. The number of aromatic hydroxyl groups is 1. The SMILES string of the molecule is CC(C)(C)c1cc(C(=O)[C@@H](Cl)Cc2ccccc2)cc(C(C)(C)C)c1O. The van der Waals surface area contributed by atoms with Gasteiger partial charge in [-0.1, -0.05) is 71.9 Å². The molecule has 2 aromatic rings. The number of alkyl halides is 1. The van der Waals surface area contributed by atoms with Crippen molar-refractivity contribution in [2.75, 3.05) is 0 Å². The van der Waals surface area contributed by atoms with Crippen molar-refractivity contribution < 1.29 is 9.90 Å². The Morgan fingerprint density at radius 3 is 1.85 bits per heavy atom. The Balaban J connectivity index is 2.46. The van der Waals surface area contributed by atoms with Crippen LogP contribution in [0.5, 0.6) is 5.75 Å². The first kappa shape index (κ1) is 20.5. The Hall–Kier alpha value is -1.80. The summed E-state index contributed by atoms with van der Waals surface area (Å²) >= 11 is 6.46. The van der Waals surface area contributed by atoms with Crippen molar-refractivity contribution in [2.45, 2.75) is 64.2 Å². The summed E-state index contributed by atoms with van der Waals surface area (Å²) in [4.78, 5) is 13.0. The van der Waals surface area contributed by atoms with Crippen molar-refractivity contribution in [3.63, 3.8) is 0 Å². The minimum absolute atomic E-state index is 0.105. The van der Waals surface area contributed by atoms with Gasteiger partial charge in [0.2, 0.25) is 0 Å². The minimum atomic E-state index is -0.637. The van der Waals surface area contributed by atoms with E-state index >= 15 is 0 Å². The largest absolute Gasteiger partial charge is 0.507 e. The van der Waals surface area contributed by atoms with Gasteiger partial charge in [-0.15, -0.1) is 11.6 Å². The first-order chi connectivity index (χ1) is 11.9. The van der Waals surface area contributed by atoms with E-state index in [1.807, 2.05) is 71.9 Å². The highest BCUT2D eigenvalue weighted by Gasteiger charge is 2.29. The fraction of sp³-hybridized carbons (Fsp3) is 0.435. The lowest BCUT2D eigenvalue weighted by atomic mass is 9.78. The van der Waals surface area contributed by atoms with E-state index in [0.717, 1.165) is 16.7 Å². The van der Waals surface area contributed by atoms with Gasteiger partial charge in [0.25, 0.3) is 0 Å². The molecule has 0 amide bonds. The molecule has 0 saturated carbocycles. The second-order valence-electron chi connectivity index (χ2n) is 8.94. The van der Waals surface area contributed by atoms with Gasteiger partial charge in [-0.25, -0.2) is 0 Å². The molecule has 0 aliphatic carbocycles. The molecular formula is C23H29ClO2. The molecule has 0 aliphatic heterocycles. The van der Waals surface area contributed by atoms with Crippen LogP contribution in [0, 0.1) is 0 Å². The van der Waals surface area contributed by atoms with E-state index in [0.29, 0.717) is 12.0 Å². The third kappa shape index (κ3) is 4.67. The van der Waals surface area contributed by atoms with Crippen LogP contribution in [0.2, 0.25) is 0 Å². The third-order valence-corrected chi connectivity index (χ3v) is 4.91. The summed E-state index contributed by atoms with van der Waals surface area (Å²) in [5.74, 6) is 0.169. The van der Waals surface area contributed by atoms with E-state index in [9.17, 15) is 9.90 Å². The van der Waals surface area contributed by atoms with Gasteiger partial charge < -0.3 is 5.11 Å². The zero-order chi connectivity index (χ0) is 19.7. The highest BCUT2D eigenvalue weighted by atomic mass is 35.5. The van der Waals surface area contributed by atoms with E-state index in [1.165, 1.54) is 0 Å². The number of Topliss-reactive ketones (excluding diaryl/α,β-unsaturated/α-hetero) is 1. The number of rotatable bonds is 4. The van der Waals surface area contributed by atoms with Crippen molar-refractivity contribution in [3.8, 4) is 5.75 Å². The van der Waals surface area contributed by atoms with Crippen LogP contribution in [0.15, 0.2) is 42.5 Å². The maximum Gasteiger partial charge on any atom is 0.181 e. The van der Waals surface area contributed by atoms with Crippen molar-refractivity contribution in [1.82, 2.24) is 0 Å². The summed E-state index contributed by atoms with van der Waals surface area (Å²) in [6, 6.07) is 13.4. The van der Waals surface area contributed by atoms with Gasteiger partial charge in [-0.2, -0.15) is 0 Å². The van der Waals surface area contributed by atoms with Gasteiger partial charge >= 0.3 is 0 Å². The second kappa shape index (κ2) is 7.44. The molecule has 2 rings (SSSR count). The molecule has 0 radical (unpaired) electrons. The van der Waals surface area contributed by atoms with Crippen LogP contribution in [0.1, 0.15) is 68.6 Å². The summed E-state index contributed by atoms with van der Waals surface area (Å²) in [7, 11) is 0. The minimum Gasteiger partial charge on any atom is -0.507 e. The van der Waals surface area contributed by atoms with Crippen LogP contribution in [0.3, 0.4) is 0 Å². The van der Waals surface area contributed by atoms with Crippen LogP contribution < -0.4 is 0 Å². The van der Waals surface area contributed by atoms with Gasteiger partial charge in [-0.3, -0.25) is 4.79 Å². The van der Waals surface area contributed by atoms with Gasteiger partial charge in [0.1, 0.15) is 11.1 Å². The molecule has 0 spiro atoms. The quantitative estimate of drug-likeness (QED) is 0.526. The number of phenols is 1. The topological polar surface area (TPSA) is 37.3 Å². The van der Waals surface area contributed by atoms with E-state index in [2.05, 4.69) is 0 Å². The molecule has 0 fully saturated rings. The monoisotopic (exact) mass is 372 g/mol. The fourth-order valence-corrected chi connectivity index (χ4v) is 3.32. The van der Waals surface area contributed by atoms with Gasteiger partial charge in [0, 0.05) is 16.7 Å². The fourth-order valence-electron chi connectivity index (χ4n) is 3.01. The molecule has 26 heavy (non-hydrogen) atoms. The Bertz CT molecular complexity index is 745. The average Bonchev–Trinajstić information content (AvgIpc) is 2.53. The molecule has 0 saturated heterocycles. The van der Waals surface area contributed by atoms with Crippen LogP contribution in [0.25, 0.3) is 0 Å². The summed E-state index contributed by atoms with van der Waals surface area (Å²) in [5, 5.41) is 10.2. The Kier molecular flexibility index (Phi) is 5.87. The zero-order valence-corrected chi connectivity index (χ0v) is 17.3. The van der Waals surface area contributed by atoms with Crippen molar-refractivity contribution in [2.24, 2.45) is 0 Å². The van der Waals surface area contributed by atoms with Gasteiger partial charge in [-0.05, 0) is 34.9 Å². The second-order valence-corrected chi connectivity index (χ2v) is 9.47. The standard InChI is InChI=1S/C23H29ClO2/c1-22(2,3)17-13-16(14-18(21(17)26)23(4,5)6)20(25)19(24)12-15-10-8-7-9-11-15/h7-11,13-14,19,26H,12H2,1-6H3/t19-/m0/s1. The summed E-state index contributed by atoms with van der Waals surface area (Å²) in [6.07, 6.45) is 0.484. The molecular weight excluding hydrogens is 344 g/mol. The first-order valence-corrected chi connectivity index (χ1v) is 9.45. The number of phenolic OH excluding ortho intramolecular Hbond substituents is 1. The predicted molar refractivity (Wildman–Crippen MR) is 110 cm³/mol. The van der Waals surface area contributed by atoms with Crippen molar-refractivity contribution in [3.05, 3.63) is 64.7 Å². The van der Waals surface area contributed by atoms with Gasteiger partial charge in [0.15, 0.2) is 5.78 Å². The molecule has 2 aromatic carbocycles. The van der Waals surface area contributed by atoms with E-state index < -0.39 is 5.38 Å². The molecule has 140 valence electrons. The van der Waals surface area contributed by atoms with Crippen LogP contribution in [-0.4, -0.2) is 16.3 Å². The number of hydrogen-bond donors (Lipinski definition) is 1. The maximum absolute atomic E-state index is 13.0. The van der Waals surface area contributed by atoms with Crippen molar-refractivity contribution in [1.29, 1.82) is 0 Å². The number of ketones is 1. The van der Waals surface area contributed by atoms with Crippen LogP contribution in [0.4, 0.5) is 0 Å². The number of carbonyl (C=O) groups excluding carboxylic acids is 1. The lowest BCUT2D eigenvalue weighted by molar-refractivity contribution is 0.0986. The maximum atomic E-state index is 13.0. The average molecular weight is 373 g/mol. The summed E-state index contributed by atoms with van der Waals surface area (Å²) in [6.45, 7) is 12.2. The molecule has 2 nitrogen and oxygen atoms in total. The molecule has 0 unspecified atom stereocenters. The lowest BCUT2D eigenvalue weighted by Gasteiger charge is -2.28. The number of hydrogen-bond acceptors (Lipinski definition) is 2. The normalized spacial score (nSPS) is 13.5. The summed E-state index contributed by atoms with van der Waals surface area (Å²) in [5.41, 5.74) is 2.59. The predicted octanol–water partition coefficient (Wildman–Crippen LogP) is 6.02.